The second-order valence-corrected chi connectivity index (χ2v) is 6.37. The zero-order valence-corrected chi connectivity index (χ0v) is 12.7. The fourth-order valence-corrected chi connectivity index (χ4v) is 2.79. The van der Waals surface area contributed by atoms with Crippen molar-refractivity contribution in [3.05, 3.63) is 59.7 Å². The second kappa shape index (κ2) is 6.17. The third kappa shape index (κ3) is 3.63. The molecule has 6 nitrogen and oxygen atoms in total. The molecule has 0 fully saturated rings. The molecule has 0 amide bonds. The van der Waals surface area contributed by atoms with E-state index in [0.717, 1.165) is 11.6 Å². The molecular weight excluding hydrogens is 304 g/mol. The van der Waals surface area contributed by atoms with Crippen LogP contribution in [-0.2, 0) is 10.0 Å². The molecular formula is C15H16N2O4S. The van der Waals surface area contributed by atoms with Gasteiger partial charge in [-0.25, -0.2) is 18.4 Å². The Morgan fingerprint density at radius 2 is 1.82 bits per heavy atom. The summed E-state index contributed by atoms with van der Waals surface area (Å²) in [4.78, 5) is 10.7. The summed E-state index contributed by atoms with van der Waals surface area (Å²) in [5.41, 5.74) is 1.09. The van der Waals surface area contributed by atoms with Gasteiger partial charge in [-0.15, -0.1) is 0 Å². The van der Waals surface area contributed by atoms with Gasteiger partial charge < -0.3 is 10.4 Å². The van der Waals surface area contributed by atoms with Crippen molar-refractivity contribution >= 4 is 21.7 Å². The molecule has 0 heterocycles. The molecule has 0 radical (unpaired) electrons. The van der Waals surface area contributed by atoms with E-state index in [9.17, 15) is 13.2 Å². The minimum Gasteiger partial charge on any atom is -0.478 e. The summed E-state index contributed by atoms with van der Waals surface area (Å²) in [6, 6.07) is 13.1. The monoisotopic (exact) mass is 320 g/mol. The topological polar surface area (TPSA) is 109 Å². The molecule has 0 aliphatic rings. The third-order valence-corrected chi connectivity index (χ3v) is 4.16. The Labute approximate surface area is 128 Å². The zero-order valence-electron chi connectivity index (χ0n) is 11.9. The van der Waals surface area contributed by atoms with E-state index in [2.05, 4.69) is 5.32 Å². The van der Waals surface area contributed by atoms with Gasteiger partial charge in [-0.05, 0) is 30.7 Å². The molecule has 2 rings (SSSR count). The SMILES string of the molecule is CC(Nc1ccc(C(=O)O)cc1S(N)(=O)=O)c1ccccc1. The quantitative estimate of drug-likeness (QED) is 0.782. The van der Waals surface area contributed by atoms with Crippen LogP contribution in [0.25, 0.3) is 0 Å². The summed E-state index contributed by atoms with van der Waals surface area (Å²) in [6.07, 6.45) is 0. The van der Waals surface area contributed by atoms with Gasteiger partial charge in [0.2, 0.25) is 10.0 Å². The second-order valence-electron chi connectivity index (χ2n) is 4.84. The molecule has 0 spiro atoms. The van der Waals surface area contributed by atoms with Crippen LogP contribution in [0.15, 0.2) is 53.4 Å². The lowest BCUT2D eigenvalue weighted by Crippen LogP contribution is -2.17. The van der Waals surface area contributed by atoms with E-state index in [0.29, 0.717) is 0 Å². The van der Waals surface area contributed by atoms with Crippen LogP contribution in [0.2, 0.25) is 0 Å². The summed E-state index contributed by atoms with van der Waals surface area (Å²) < 4.78 is 23.4. The Balaban J connectivity index is 2.41. The number of nitrogens with one attached hydrogen (secondary N) is 1. The van der Waals surface area contributed by atoms with E-state index >= 15 is 0 Å². The molecule has 0 bridgehead atoms. The molecule has 7 heteroatoms. The van der Waals surface area contributed by atoms with Crippen LogP contribution in [0.3, 0.4) is 0 Å². The Morgan fingerprint density at radius 1 is 1.18 bits per heavy atom. The van der Waals surface area contributed by atoms with Crippen molar-refractivity contribution in [2.45, 2.75) is 17.9 Å². The highest BCUT2D eigenvalue weighted by Gasteiger charge is 2.18. The van der Waals surface area contributed by atoms with Crippen LogP contribution in [0.1, 0.15) is 28.9 Å². The first kappa shape index (κ1) is 16.0. The number of nitrogens with two attached hydrogens (primary N) is 1. The number of benzene rings is 2. The number of carboxylic acids is 1. The van der Waals surface area contributed by atoms with Gasteiger partial charge in [0, 0.05) is 6.04 Å². The van der Waals surface area contributed by atoms with Gasteiger partial charge in [-0.2, -0.15) is 0 Å². The Hall–Kier alpha value is -2.38. The lowest BCUT2D eigenvalue weighted by molar-refractivity contribution is 0.0696. The van der Waals surface area contributed by atoms with Gasteiger partial charge in [0.15, 0.2) is 0 Å². The average Bonchev–Trinajstić information content (AvgIpc) is 2.47. The number of sulfonamides is 1. The largest absolute Gasteiger partial charge is 0.478 e. The van der Waals surface area contributed by atoms with Crippen LogP contribution in [-0.4, -0.2) is 19.5 Å². The van der Waals surface area contributed by atoms with Gasteiger partial charge in [-0.1, -0.05) is 30.3 Å². The van der Waals surface area contributed by atoms with Gasteiger partial charge in [0.25, 0.3) is 0 Å². The number of carboxylic acid groups (broad SMARTS) is 1. The maximum Gasteiger partial charge on any atom is 0.335 e. The van der Waals surface area contributed by atoms with E-state index in [1.54, 1.807) is 0 Å². The van der Waals surface area contributed by atoms with Crippen molar-refractivity contribution in [3.8, 4) is 0 Å². The van der Waals surface area contributed by atoms with E-state index in [4.69, 9.17) is 10.2 Å². The Morgan fingerprint density at radius 3 is 2.36 bits per heavy atom. The summed E-state index contributed by atoms with van der Waals surface area (Å²) >= 11 is 0. The Kier molecular flexibility index (Phi) is 4.48. The number of hydrogen-bond donors (Lipinski definition) is 3. The number of hydrogen-bond acceptors (Lipinski definition) is 4. The van der Waals surface area contributed by atoms with E-state index in [1.807, 2.05) is 37.3 Å². The number of primary sulfonamides is 1. The minimum absolute atomic E-state index is 0.137. The molecule has 2 aromatic carbocycles. The smallest absolute Gasteiger partial charge is 0.335 e. The van der Waals surface area contributed by atoms with E-state index in [-0.39, 0.29) is 22.2 Å². The number of aromatic carboxylic acids is 1. The number of carbonyl (C=O) groups is 1. The average molecular weight is 320 g/mol. The highest BCUT2D eigenvalue weighted by atomic mass is 32.2. The van der Waals surface area contributed by atoms with Gasteiger partial charge in [0.1, 0.15) is 4.90 Å². The molecule has 0 aromatic heterocycles. The predicted octanol–water partition coefficient (Wildman–Crippen LogP) is 2.21. The van der Waals surface area contributed by atoms with Crippen molar-refractivity contribution < 1.29 is 18.3 Å². The van der Waals surface area contributed by atoms with Crippen molar-refractivity contribution in [3.63, 3.8) is 0 Å². The lowest BCUT2D eigenvalue weighted by Gasteiger charge is -2.18. The molecule has 2 aromatic rings. The number of rotatable bonds is 5. The maximum atomic E-state index is 11.7. The Bertz CT molecular complexity index is 788. The fourth-order valence-electron chi connectivity index (χ4n) is 2.07. The first-order valence-electron chi connectivity index (χ1n) is 6.50. The van der Waals surface area contributed by atoms with Crippen LogP contribution in [0, 0.1) is 0 Å². The molecule has 1 atom stereocenters. The van der Waals surface area contributed by atoms with Crippen LogP contribution in [0.4, 0.5) is 5.69 Å². The minimum atomic E-state index is -4.04. The lowest BCUT2D eigenvalue weighted by atomic mass is 10.1. The van der Waals surface area contributed by atoms with Crippen LogP contribution in [0.5, 0.6) is 0 Å². The van der Waals surface area contributed by atoms with Gasteiger partial charge >= 0.3 is 5.97 Å². The summed E-state index contributed by atoms with van der Waals surface area (Å²) in [5, 5.41) is 17.2. The van der Waals surface area contributed by atoms with E-state index in [1.165, 1.54) is 12.1 Å². The summed E-state index contributed by atoms with van der Waals surface area (Å²) in [5.74, 6) is -1.22. The van der Waals surface area contributed by atoms with Gasteiger partial charge in [0.05, 0.1) is 11.3 Å². The molecule has 4 N–H and O–H groups in total. The molecule has 116 valence electrons. The van der Waals surface area contributed by atoms with Crippen molar-refractivity contribution in [2.75, 3.05) is 5.32 Å². The van der Waals surface area contributed by atoms with Crippen molar-refractivity contribution in [2.24, 2.45) is 5.14 Å². The highest BCUT2D eigenvalue weighted by molar-refractivity contribution is 7.89. The molecule has 0 aliphatic heterocycles. The van der Waals surface area contributed by atoms with E-state index < -0.39 is 16.0 Å². The predicted molar refractivity (Wildman–Crippen MR) is 83.3 cm³/mol. The molecule has 0 aliphatic carbocycles. The first-order valence-corrected chi connectivity index (χ1v) is 8.05. The van der Waals surface area contributed by atoms with Crippen LogP contribution >= 0.6 is 0 Å². The van der Waals surface area contributed by atoms with Crippen LogP contribution < -0.4 is 10.5 Å². The maximum absolute atomic E-state index is 11.7. The molecule has 0 saturated carbocycles. The molecule has 0 saturated heterocycles. The standard InChI is InChI=1S/C15H16N2O4S/c1-10(11-5-3-2-4-6-11)17-13-8-7-12(15(18)19)9-14(13)22(16,20)21/h2-10,17H,1H3,(H,18,19)(H2,16,20,21). The summed E-state index contributed by atoms with van der Waals surface area (Å²) in [7, 11) is -4.04. The van der Waals surface area contributed by atoms with Gasteiger partial charge in [-0.3, -0.25) is 0 Å². The highest BCUT2D eigenvalue weighted by Crippen LogP contribution is 2.26. The fraction of sp³-hybridized carbons (Fsp3) is 0.133. The normalized spacial score (nSPS) is 12.6. The van der Waals surface area contributed by atoms with Crippen molar-refractivity contribution in [1.29, 1.82) is 0 Å². The first-order chi connectivity index (χ1) is 10.3. The molecule has 1 unspecified atom stereocenters. The van der Waals surface area contributed by atoms with Crippen molar-refractivity contribution in [1.82, 2.24) is 0 Å². The third-order valence-electron chi connectivity index (χ3n) is 3.21. The number of anilines is 1. The summed E-state index contributed by atoms with van der Waals surface area (Å²) in [6.45, 7) is 1.87. The molecule has 22 heavy (non-hydrogen) atoms. The zero-order chi connectivity index (χ0) is 16.3.